The van der Waals surface area contributed by atoms with Gasteiger partial charge in [0.25, 0.3) is 0 Å². The standard InChI is InChI=1S/C13H17FN2OS/c1-9(10-2-4-11(14)5-3-10)12(15)13(17)16-6-7-18-8-16/h2-5,9,12H,6-8,15H2,1H3/t9?,12-/m0/s1. The van der Waals surface area contributed by atoms with Gasteiger partial charge in [0.1, 0.15) is 5.82 Å². The number of nitrogens with two attached hydrogens (primary N) is 1. The first-order valence-corrected chi connectivity index (χ1v) is 7.12. The van der Waals surface area contributed by atoms with Gasteiger partial charge in [0, 0.05) is 18.2 Å². The molecule has 1 aromatic rings. The molecular formula is C13H17FN2OS. The third kappa shape index (κ3) is 2.84. The lowest BCUT2D eigenvalue weighted by Gasteiger charge is -2.24. The lowest BCUT2D eigenvalue weighted by atomic mass is 9.93. The summed E-state index contributed by atoms with van der Waals surface area (Å²) in [6.07, 6.45) is 0. The van der Waals surface area contributed by atoms with Gasteiger partial charge in [-0.1, -0.05) is 19.1 Å². The molecule has 5 heteroatoms. The predicted molar refractivity (Wildman–Crippen MR) is 71.8 cm³/mol. The second-order valence-electron chi connectivity index (χ2n) is 4.51. The van der Waals surface area contributed by atoms with E-state index in [4.69, 9.17) is 5.73 Å². The molecule has 2 atom stereocenters. The Balaban J connectivity index is 2.05. The highest BCUT2D eigenvalue weighted by molar-refractivity contribution is 7.99. The van der Waals surface area contributed by atoms with Crippen LogP contribution >= 0.6 is 11.8 Å². The van der Waals surface area contributed by atoms with Crippen molar-refractivity contribution in [3.8, 4) is 0 Å². The van der Waals surface area contributed by atoms with E-state index in [1.54, 1.807) is 28.8 Å². The Morgan fingerprint density at radius 1 is 1.44 bits per heavy atom. The van der Waals surface area contributed by atoms with Crippen LogP contribution in [-0.4, -0.2) is 35.0 Å². The van der Waals surface area contributed by atoms with Crippen molar-refractivity contribution < 1.29 is 9.18 Å². The smallest absolute Gasteiger partial charge is 0.240 e. The molecule has 0 saturated carbocycles. The van der Waals surface area contributed by atoms with Crippen molar-refractivity contribution in [1.82, 2.24) is 4.90 Å². The van der Waals surface area contributed by atoms with E-state index in [0.29, 0.717) is 0 Å². The van der Waals surface area contributed by atoms with Gasteiger partial charge in [0.2, 0.25) is 5.91 Å². The minimum atomic E-state index is -0.561. The molecule has 1 aliphatic heterocycles. The largest absolute Gasteiger partial charge is 0.331 e. The molecule has 2 N–H and O–H groups in total. The quantitative estimate of drug-likeness (QED) is 0.909. The van der Waals surface area contributed by atoms with E-state index >= 15 is 0 Å². The normalized spacial score (nSPS) is 18.7. The zero-order chi connectivity index (χ0) is 13.1. The van der Waals surface area contributed by atoms with Crippen molar-refractivity contribution in [2.24, 2.45) is 5.73 Å². The molecule has 1 unspecified atom stereocenters. The maximum Gasteiger partial charge on any atom is 0.240 e. The van der Waals surface area contributed by atoms with Crippen LogP contribution in [-0.2, 0) is 4.79 Å². The van der Waals surface area contributed by atoms with Gasteiger partial charge in [-0.05, 0) is 17.7 Å². The number of halogens is 1. The highest BCUT2D eigenvalue weighted by atomic mass is 32.2. The summed E-state index contributed by atoms with van der Waals surface area (Å²) >= 11 is 1.74. The monoisotopic (exact) mass is 268 g/mol. The highest BCUT2D eigenvalue weighted by Gasteiger charge is 2.28. The van der Waals surface area contributed by atoms with Crippen LogP contribution in [0.2, 0.25) is 0 Å². The fraction of sp³-hybridized carbons (Fsp3) is 0.462. The summed E-state index contributed by atoms with van der Waals surface area (Å²) < 4.78 is 12.8. The Morgan fingerprint density at radius 3 is 2.67 bits per heavy atom. The first-order chi connectivity index (χ1) is 8.59. The SMILES string of the molecule is CC(c1ccc(F)cc1)[C@H](N)C(=O)N1CCSC1. The van der Waals surface area contributed by atoms with Crippen LogP contribution in [0.25, 0.3) is 0 Å². The molecule has 0 radical (unpaired) electrons. The first kappa shape index (κ1) is 13.4. The summed E-state index contributed by atoms with van der Waals surface area (Å²) in [4.78, 5) is 13.9. The summed E-state index contributed by atoms with van der Waals surface area (Å²) in [5.74, 6) is 1.30. The Morgan fingerprint density at radius 2 is 2.11 bits per heavy atom. The van der Waals surface area contributed by atoms with Crippen molar-refractivity contribution in [3.63, 3.8) is 0 Å². The molecule has 2 rings (SSSR count). The predicted octanol–water partition coefficient (Wildman–Crippen LogP) is 1.79. The summed E-state index contributed by atoms with van der Waals surface area (Å²) in [7, 11) is 0. The Labute approximate surface area is 111 Å². The van der Waals surface area contributed by atoms with Crippen molar-refractivity contribution in [2.75, 3.05) is 18.2 Å². The number of thioether (sulfide) groups is 1. The molecule has 0 bridgehead atoms. The van der Waals surface area contributed by atoms with E-state index in [0.717, 1.165) is 23.7 Å². The van der Waals surface area contributed by atoms with E-state index < -0.39 is 6.04 Å². The average Bonchev–Trinajstić information content (AvgIpc) is 2.91. The van der Waals surface area contributed by atoms with Gasteiger partial charge in [-0.15, -0.1) is 11.8 Å². The van der Waals surface area contributed by atoms with Gasteiger partial charge in [-0.2, -0.15) is 0 Å². The third-order valence-corrected chi connectivity index (χ3v) is 4.25. The van der Waals surface area contributed by atoms with Crippen molar-refractivity contribution in [3.05, 3.63) is 35.6 Å². The van der Waals surface area contributed by atoms with Gasteiger partial charge in [0.15, 0.2) is 0 Å². The number of amides is 1. The molecule has 1 aliphatic rings. The number of rotatable bonds is 3. The lowest BCUT2D eigenvalue weighted by molar-refractivity contribution is -0.131. The maximum atomic E-state index is 12.8. The van der Waals surface area contributed by atoms with Crippen LogP contribution in [0, 0.1) is 5.82 Å². The Bertz CT molecular complexity index is 418. The van der Waals surface area contributed by atoms with E-state index in [1.807, 2.05) is 6.92 Å². The number of nitrogens with zero attached hydrogens (tertiary/aromatic N) is 1. The van der Waals surface area contributed by atoms with E-state index in [9.17, 15) is 9.18 Å². The number of hydrogen-bond donors (Lipinski definition) is 1. The highest BCUT2D eigenvalue weighted by Crippen LogP contribution is 2.22. The molecule has 98 valence electrons. The lowest BCUT2D eigenvalue weighted by Crippen LogP contribution is -2.45. The van der Waals surface area contributed by atoms with Crippen LogP contribution in [0.1, 0.15) is 18.4 Å². The molecule has 1 amide bonds. The summed E-state index contributed by atoms with van der Waals surface area (Å²) in [6, 6.07) is 5.61. The minimum Gasteiger partial charge on any atom is -0.331 e. The van der Waals surface area contributed by atoms with E-state index in [2.05, 4.69) is 0 Å². The first-order valence-electron chi connectivity index (χ1n) is 5.97. The van der Waals surface area contributed by atoms with Gasteiger partial charge in [0.05, 0.1) is 11.9 Å². The van der Waals surface area contributed by atoms with E-state index in [1.165, 1.54) is 12.1 Å². The molecule has 1 saturated heterocycles. The second-order valence-corrected chi connectivity index (χ2v) is 5.58. The van der Waals surface area contributed by atoms with Crippen molar-refractivity contribution >= 4 is 17.7 Å². The average molecular weight is 268 g/mol. The van der Waals surface area contributed by atoms with Gasteiger partial charge in [-0.25, -0.2) is 4.39 Å². The van der Waals surface area contributed by atoms with Crippen LogP contribution in [0.3, 0.4) is 0 Å². The third-order valence-electron chi connectivity index (χ3n) is 3.28. The van der Waals surface area contributed by atoms with Gasteiger partial charge in [-0.3, -0.25) is 4.79 Å². The molecular weight excluding hydrogens is 251 g/mol. The minimum absolute atomic E-state index is 0.0168. The topological polar surface area (TPSA) is 46.3 Å². The summed E-state index contributed by atoms with van der Waals surface area (Å²) in [6.45, 7) is 2.67. The second kappa shape index (κ2) is 5.71. The number of benzene rings is 1. The zero-order valence-corrected chi connectivity index (χ0v) is 11.1. The Kier molecular flexibility index (Phi) is 4.24. The molecule has 1 heterocycles. The van der Waals surface area contributed by atoms with Gasteiger partial charge < -0.3 is 10.6 Å². The summed E-state index contributed by atoms with van der Waals surface area (Å²) in [5, 5.41) is 0. The van der Waals surface area contributed by atoms with Crippen LogP contribution < -0.4 is 5.73 Å². The fourth-order valence-corrected chi connectivity index (χ4v) is 2.94. The summed E-state index contributed by atoms with van der Waals surface area (Å²) in [5.41, 5.74) is 6.91. The van der Waals surface area contributed by atoms with Crippen LogP contribution in [0.5, 0.6) is 0 Å². The molecule has 0 spiro atoms. The Hall–Kier alpha value is -1.07. The van der Waals surface area contributed by atoms with Crippen LogP contribution in [0.4, 0.5) is 4.39 Å². The molecule has 0 aromatic heterocycles. The zero-order valence-electron chi connectivity index (χ0n) is 10.3. The number of hydrogen-bond acceptors (Lipinski definition) is 3. The number of carbonyl (C=O) groups is 1. The van der Waals surface area contributed by atoms with Crippen molar-refractivity contribution in [2.45, 2.75) is 18.9 Å². The molecule has 18 heavy (non-hydrogen) atoms. The van der Waals surface area contributed by atoms with Gasteiger partial charge >= 0.3 is 0 Å². The molecule has 1 fully saturated rings. The number of carbonyl (C=O) groups excluding carboxylic acids is 1. The molecule has 0 aliphatic carbocycles. The van der Waals surface area contributed by atoms with Crippen molar-refractivity contribution in [1.29, 1.82) is 0 Å². The molecule has 1 aromatic carbocycles. The maximum absolute atomic E-state index is 12.8. The van der Waals surface area contributed by atoms with E-state index in [-0.39, 0.29) is 17.6 Å². The van der Waals surface area contributed by atoms with Crippen LogP contribution in [0.15, 0.2) is 24.3 Å². The fourth-order valence-electron chi connectivity index (χ4n) is 1.99. The molecule has 3 nitrogen and oxygen atoms in total.